The van der Waals surface area contributed by atoms with Crippen LogP contribution in [0.1, 0.15) is 39.7 Å². The molecule has 176 valence electrons. The third-order valence-electron chi connectivity index (χ3n) is 5.65. The fourth-order valence-corrected chi connectivity index (χ4v) is 3.73. The molecule has 33 heavy (non-hydrogen) atoms. The second kappa shape index (κ2) is 8.75. The monoisotopic (exact) mass is 467 g/mol. The Kier molecular flexibility index (Phi) is 6.39. The van der Waals surface area contributed by atoms with Crippen LogP contribution in [0.25, 0.3) is 0 Å². The highest BCUT2D eigenvalue weighted by Crippen LogP contribution is 2.22. The highest BCUT2D eigenvalue weighted by Gasteiger charge is 2.46. The molecule has 1 atom stereocenters. The van der Waals surface area contributed by atoms with Gasteiger partial charge in [0.2, 0.25) is 5.84 Å². The van der Waals surface area contributed by atoms with Crippen molar-refractivity contribution in [3.8, 4) is 0 Å². The number of nitrogens with one attached hydrogen (secondary N) is 2. The fourth-order valence-electron chi connectivity index (χ4n) is 3.73. The first-order chi connectivity index (χ1) is 15.3. The van der Waals surface area contributed by atoms with Crippen LogP contribution < -0.4 is 11.3 Å². The van der Waals surface area contributed by atoms with Gasteiger partial charge < -0.3 is 10.6 Å². The predicted molar refractivity (Wildman–Crippen MR) is 112 cm³/mol. The summed E-state index contributed by atoms with van der Waals surface area (Å²) in [4.78, 5) is 25.8. The molecule has 8 nitrogen and oxygen atoms in total. The molecule has 0 aliphatic carbocycles. The molecule has 2 aromatic rings. The minimum atomic E-state index is -4.89. The van der Waals surface area contributed by atoms with Crippen molar-refractivity contribution in [2.75, 3.05) is 13.1 Å². The number of aromatic nitrogens is 2. The van der Waals surface area contributed by atoms with E-state index in [9.17, 15) is 27.2 Å². The summed E-state index contributed by atoms with van der Waals surface area (Å²) in [6.07, 6.45) is -4.66. The summed E-state index contributed by atoms with van der Waals surface area (Å²) in [5.74, 6) is -3.47. The summed E-state index contributed by atoms with van der Waals surface area (Å²) >= 11 is 0. The van der Waals surface area contributed by atoms with Gasteiger partial charge in [0.1, 0.15) is 12.4 Å². The maximum absolute atomic E-state index is 14.5. The third kappa shape index (κ3) is 4.78. The van der Waals surface area contributed by atoms with E-state index in [4.69, 9.17) is 11.1 Å². The molecule has 1 aromatic carbocycles. The number of amides is 1. The molecule has 0 radical (unpaired) electrons. The average Bonchev–Trinajstić information content (AvgIpc) is 2.73. The lowest BCUT2D eigenvalue weighted by Gasteiger charge is -2.32. The minimum Gasteiger partial charge on any atom is -0.325 e. The molecule has 0 fully saturated rings. The van der Waals surface area contributed by atoms with E-state index in [1.807, 2.05) is 0 Å². The van der Waals surface area contributed by atoms with Gasteiger partial charge in [-0.3, -0.25) is 9.59 Å². The Morgan fingerprint density at radius 2 is 2.00 bits per heavy atom. The second-order valence-corrected chi connectivity index (χ2v) is 7.98. The standard InChI is InChI=1S/C21H22F4N6O2/c1-10-8-30(9-17(26)31(10)20(27)21(23,24)25)19(33)14-6-13(4-5-15(14)22)7-16-11(2)12(3)18(32)29-28-16/h4-6,10,26-27H,7-9H2,1-3H3,(H,29,32)/p+1. The largest absolute Gasteiger partial charge is 0.481 e. The lowest BCUT2D eigenvalue weighted by atomic mass is 10.0. The zero-order valence-electron chi connectivity index (χ0n) is 18.2. The van der Waals surface area contributed by atoms with Crippen LogP contribution in [0.15, 0.2) is 23.0 Å². The number of benzene rings is 1. The van der Waals surface area contributed by atoms with Gasteiger partial charge >= 0.3 is 12.0 Å². The van der Waals surface area contributed by atoms with E-state index < -0.39 is 29.8 Å². The van der Waals surface area contributed by atoms with Gasteiger partial charge in [0.15, 0.2) is 0 Å². The van der Waals surface area contributed by atoms with Crippen LogP contribution in [0.2, 0.25) is 0 Å². The van der Waals surface area contributed by atoms with E-state index in [1.165, 1.54) is 19.1 Å². The lowest BCUT2D eigenvalue weighted by molar-refractivity contribution is -0.475. The van der Waals surface area contributed by atoms with Crippen molar-refractivity contribution in [3.63, 3.8) is 0 Å². The lowest BCUT2D eigenvalue weighted by Crippen LogP contribution is -2.57. The van der Waals surface area contributed by atoms with Crippen molar-refractivity contribution >= 4 is 17.6 Å². The van der Waals surface area contributed by atoms with Gasteiger partial charge in [-0.25, -0.2) is 14.1 Å². The molecule has 1 amide bonds. The van der Waals surface area contributed by atoms with Crippen molar-refractivity contribution in [2.45, 2.75) is 39.4 Å². The van der Waals surface area contributed by atoms with Gasteiger partial charge in [-0.05, 0) is 44.0 Å². The summed E-state index contributed by atoms with van der Waals surface area (Å²) < 4.78 is 54.0. The van der Waals surface area contributed by atoms with Crippen molar-refractivity contribution in [1.29, 1.82) is 5.41 Å². The molecule has 0 bridgehead atoms. The number of nitrogens with zero attached hydrogens (tertiary/aromatic N) is 3. The molecule has 1 aliphatic rings. The van der Waals surface area contributed by atoms with Crippen LogP contribution in [-0.2, 0) is 6.42 Å². The van der Waals surface area contributed by atoms with Crippen LogP contribution in [0.5, 0.6) is 0 Å². The molecular weight excluding hydrogens is 444 g/mol. The second-order valence-electron chi connectivity index (χ2n) is 7.98. The van der Waals surface area contributed by atoms with Crippen LogP contribution in [0.4, 0.5) is 17.6 Å². The SMILES string of the molecule is Cc1c(Cc2ccc(F)c(C(=O)N3CC(N)=[N+](C(=N)C(F)(F)F)C(C)C3)c2)n[nH]c(=O)c1C. The molecule has 0 spiro atoms. The first-order valence-electron chi connectivity index (χ1n) is 10.00. The fraction of sp³-hybridized carbons (Fsp3) is 0.381. The number of amidine groups is 2. The van der Waals surface area contributed by atoms with Crippen molar-refractivity contribution in [2.24, 2.45) is 5.73 Å². The zero-order valence-corrected chi connectivity index (χ0v) is 18.2. The Bertz CT molecular complexity index is 1220. The van der Waals surface area contributed by atoms with Crippen LogP contribution in [0, 0.1) is 25.1 Å². The maximum atomic E-state index is 14.5. The first-order valence-corrected chi connectivity index (χ1v) is 10.00. The normalized spacial score (nSPS) is 16.8. The molecule has 1 unspecified atom stereocenters. The number of rotatable bonds is 3. The number of hydrogen-bond donors (Lipinski definition) is 3. The Labute approximate surface area is 186 Å². The summed E-state index contributed by atoms with van der Waals surface area (Å²) in [7, 11) is 0. The number of aromatic amines is 1. The zero-order chi connectivity index (χ0) is 24.7. The Balaban J connectivity index is 1.88. The smallest absolute Gasteiger partial charge is 0.325 e. The molecule has 2 heterocycles. The summed E-state index contributed by atoms with van der Waals surface area (Å²) in [5, 5.41) is 13.8. The Morgan fingerprint density at radius 1 is 1.33 bits per heavy atom. The predicted octanol–water partition coefficient (Wildman–Crippen LogP) is 1.87. The number of carbonyl (C=O) groups excluding carboxylic acids is 1. The van der Waals surface area contributed by atoms with Gasteiger partial charge in [-0.15, -0.1) is 0 Å². The Morgan fingerprint density at radius 3 is 2.61 bits per heavy atom. The molecular formula is C21H23F4N6O2+. The molecule has 4 N–H and O–H groups in total. The molecule has 1 aliphatic heterocycles. The quantitative estimate of drug-likeness (QED) is 0.276. The van der Waals surface area contributed by atoms with Crippen LogP contribution in [-0.4, -0.2) is 62.6 Å². The number of H-pyrrole nitrogens is 1. The van der Waals surface area contributed by atoms with E-state index in [1.54, 1.807) is 13.8 Å². The average molecular weight is 467 g/mol. The summed E-state index contributed by atoms with van der Waals surface area (Å²) in [6.45, 7) is 4.22. The van der Waals surface area contributed by atoms with Crippen molar-refractivity contribution < 1.29 is 26.9 Å². The van der Waals surface area contributed by atoms with E-state index >= 15 is 0 Å². The molecule has 0 saturated heterocycles. The summed E-state index contributed by atoms with van der Waals surface area (Å²) in [5.41, 5.74) is 7.49. The molecule has 12 heteroatoms. The van der Waals surface area contributed by atoms with Crippen LogP contribution in [0.3, 0.4) is 0 Å². The number of alkyl halides is 3. The van der Waals surface area contributed by atoms with Crippen molar-refractivity contribution in [1.82, 2.24) is 15.1 Å². The van der Waals surface area contributed by atoms with E-state index in [2.05, 4.69) is 10.2 Å². The van der Waals surface area contributed by atoms with Crippen molar-refractivity contribution in [3.05, 3.63) is 62.3 Å². The number of carbonyl (C=O) groups is 1. The maximum Gasteiger partial charge on any atom is 0.481 e. The highest BCUT2D eigenvalue weighted by molar-refractivity contribution is 5.98. The molecule has 3 rings (SSSR count). The number of nitrogens with two attached hydrogens (primary N) is 1. The van der Waals surface area contributed by atoms with Crippen LogP contribution >= 0.6 is 0 Å². The van der Waals surface area contributed by atoms with E-state index in [-0.39, 0.29) is 36.5 Å². The van der Waals surface area contributed by atoms with Gasteiger partial charge in [-0.1, -0.05) is 6.07 Å². The molecule has 1 aromatic heterocycles. The third-order valence-corrected chi connectivity index (χ3v) is 5.65. The van der Waals surface area contributed by atoms with Gasteiger partial charge in [0, 0.05) is 12.0 Å². The number of hydrogen-bond acceptors (Lipinski definition) is 5. The Hall–Kier alpha value is -3.57. The minimum absolute atomic E-state index is 0.179. The van der Waals surface area contributed by atoms with Gasteiger partial charge in [-0.2, -0.15) is 23.7 Å². The highest BCUT2D eigenvalue weighted by atomic mass is 19.4. The first kappa shape index (κ1) is 24.1. The van der Waals surface area contributed by atoms with Gasteiger partial charge in [0.25, 0.3) is 11.5 Å². The summed E-state index contributed by atoms with van der Waals surface area (Å²) in [6, 6.07) is 3.03. The van der Waals surface area contributed by atoms with E-state index in [0.29, 0.717) is 27.0 Å². The van der Waals surface area contributed by atoms with E-state index in [0.717, 1.165) is 11.0 Å². The van der Waals surface area contributed by atoms with Gasteiger partial charge in [0.05, 0.1) is 23.8 Å². The number of halogens is 4. The molecule has 0 saturated carbocycles. The topological polar surface area (TPSA) is 119 Å².